The fraction of sp³-hybridized carbons (Fsp3) is 0.484. The third kappa shape index (κ3) is 5.14. The number of nitrogens with one attached hydrogen (secondary N) is 1. The summed E-state index contributed by atoms with van der Waals surface area (Å²) in [6.45, 7) is 6.15. The summed E-state index contributed by atoms with van der Waals surface area (Å²) >= 11 is 6.31. The largest absolute Gasteiger partial charge is 0.450 e. The quantitative estimate of drug-likeness (QED) is 0.433. The van der Waals surface area contributed by atoms with Crippen LogP contribution in [0.25, 0.3) is 10.9 Å². The maximum Gasteiger partial charge on any atom is 0.410 e. The zero-order valence-corrected chi connectivity index (χ0v) is 23.4. The number of hydrogen-bond acceptors (Lipinski definition) is 4. The minimum absolute atomic E-state index is 0.0803. The van der Waals surface area contributed by atoms with Crippen LogP contribution in [0.2, 0.25) is 5.02 Å². The van der Waals surface area contributed by atoms with E-state index in [1.165, 1.54) is 37.7 Å². The van der Waals surface area contributed by atoms with Crippen LogP contribution in [-0.2, 0) is 11.2 Å². The molecule has 1 atom stereocenters. The average molecular weight is 549 g/mol. The molecular weight excluding hydrogens is 512 g/mol. The summed E-state index contributed by atoms with van der Waals surface area (Å²) in [6.07, 6.45) is 7.00. The molecule has 0 radical (unpaired) electrons. The first kappa shape index (κ1) is 26.2. The van der Waals surface area contributed by atoms with E-state index in [4.69, 9.17) is 16.3 Å². The lowest BCUT2D eigenvalue weighted by molar-refractivity contribution is 0.0523. The molecule has 3 aliphatic rings. The summed E-state index contributed by atoms with van der Waals surface area (Å²) in [5, 5.41) is 1.78. The van der Waals surface area contributed by atoms with Crippen molar-refractivity contribution < 1.29 is 14.3 Å². The van der Waals surface area contributed by atoms with E-state index in [9.17, 15) is 9.59 Å². The van der Waals surface area contributed by atoms with Gasteiger partial charge in [0.05, 0.1) is 6.61 Å². The van der Waals surface area contributed by atoms with Gasteiger partial charge in [0.15, 0.2) is 0 Å². The van der Waals surface area contributed by atoms with Crippen LogP contribution in [0.1, 0.15) is 72.2 Å². The van der Waals surface area contributed by atoms with Gasteiger partial charge in [0.2, 0.25) is 0 Å². The smallest absolute Gasteiger partial charge is 0.410 e. The van der Waals surface area contributed by atoms with Crippen LogP contribution in [-0.4, -0.2) is 77.1 Å². The predicted molar refractivity (Wildman–Crippen MR) is 153 cm³/mol. The van der Waals surface area contributed by atoms with E-state index >= 15 is 0 Å². The van der Waals surface area contributed by atoms with Crippen molar-refractivity contribution in [2.45, 2.75) is 57.5 Å². The number of nitrogens with zero attached hydrogens (tertiary/aromatic N) is 3. The lowest BCUT2D eigenvalue weighted by Gasteiger charge is -2.40. The monoisotopic (exact) mass is 548 g/mol. The van der Waals surface area contributed by atoms with Crippen LogP contribution >= 0.6 is 11.6 Å². The Kier molecular flexibility index (Phi) is 7.54. The first-order valence-electron chi connectivity index (χ1n) is 14.4. The molecular formula is C31H37ClN4O3. The fourth-order valence-electron chi connectivity index (χ4n) is 6.74. The highest BCUT2D eigenvalue weighted by Crippen LogP contribution is 2.39. The van der Waals surface area contributed by atoms with Crippen molar-refractivity contribution in [1.82, 2.24) is 19.7 Å². The maximum absolute atomic E-state index is 13.4. The maximum atomic E-state index is 13.4. The summed E-state index contributed by atoms with van der Waals surface area (Å²) in [4.78, 5) is 36.3. The molecule has 0 bridgehead atoms. The van der Waals surface area contributed by atoms with Gasteiger partial charge in [0.25, 0.3) is 5.91 Å². The highest BCUT2D eigenvalue weighted by Gasteiger charge is 2.36. The Balaban J connectivity index is 1.23. The summed E-state index contributed by atoms with van der Waals surface area (Å²) in [5.41, 5.74) is 4.78. The Labute approximate surface area is 235 Å². The number of rotatable bonds is 4. The number of carbonyl (C=O) groups is 2. The van der Waals surface area contributed by atoms with E-state index in [-0.39, 0.29) is 18.0 Å². The minimum Gasteiger partial charge on any atom is -0.450 e. The van der Waals surface area contributed by atoms with Gasteiger partial charge in [-0.2, -0.15) is 0 Å². The number of fused-ring (bicyclic) bond motifs is 3. The second-order valence-electron chi connectivity index (χ2n) is 11.0. The Morgan fingerprint density at radius 2 is 1.72 bits per heavy atom. The second kappa shape index (κ2) is 11.2. The van der Waals surface area contributed by atoms with Crippen molar-refractivity contribution in [3.05, 3.63) is 69.9 Å². The molecule has 2 amide bonds. The van der Waals surface area contributed by atoms with Crippen molar-refractivity contribution in [3.8, 4) is 0 Å². The van der Waals surface area contributed by atoms with Crippen LogP contribution < -0.4 is 0 Å². The van der Waals surface area contributed by atoms with Crippen molar-refractivity contribution in [2.75, 3.05) is 39.3 Å². The number of amides is 2. The van der Waals surface area contributed by atoms with Gasteiger partial charge in [-0.25, -0.2) is 4.79 Å². The molecule has 2 fully saturated rings. The van der Waals surface area contributed by atoms with E-state index < -0.39 is 0 Å². The molecule has 3 aromatic rings. The molecule has 1 saturated heterocycles. The number of carbonyl (C=O) groups excluding carboxylic acids is 2. The summed E-state index contributed by atoms with van der Waals surface area (Å²) < 4.78 is 5.42. The lowest BCUT2D eigenvalue weighted by Crippen LogP contribution is -2.52. The van der Waals surface area contributed by atoms with Crippen LogP contribution in [0.4, 0.5) is 4.79 Å². The normalized spacial score (nSPS) is 20.7. The highest BCUT2D eigenvalue weighted by atomic mass is 35.5. The number of halogens is 1. The Morgan fingerprint density at radius 3 is 2.44 bits per heavy atom. The Morgan fingerprint density at radius 1 is 0.974 bits per heavy atom. The van der Waals surface area contributed by atoms with E-state index in [0.717, 1.165) is 48.3 Å². The van der Waals surface area contributed by atoms with Crippen LogP contribution in [0.3, 0.4) is 0 Å². The second-order valence-corrected chi connectivity index (χ2v) is 11.4. The van der Waals surface area contributed by atoms with Gasteiger partial charge in [-0.3, -0.25) is 14.6 Å². The third-order valence-corrected chi connectivity index (χ3v) is 8.99. The molecule has 39 heavy (non-hydrogen) atoms. The van der Waals surface area contributed by atoms with Gasteiger partial charge in [-0.15, -0.1) is 0 Å². The SMILES string of the molecule is CCOC(=O)N1CCc2c([nH]c3ccc(Cl)cc23)C1c1ccc(C(=O)N2CCN(C3CCCCC3)CC2)cc1. The van der Waals surface area contributed by atoms with Gasteiger partial charge in [0, 0.05) is 65.9 Å². The molecule has 1 aliphatic carbocycles. The molecule has 0 spiro atoms. The van der Waals surface area contributed by atoms with E-state index in [0.29, 0.717) is 36.2 Å². The molecule has 8 heteroatoms. The average Bonchev–Trinajstić information content (AvgIpc) is 3.35. The zero-order chi connectivity index (χ0) is 26.9. The number of aromatic amines is 1. The summed E-state index contributed by atoms with van der Waals surface area (Å²) in [7, 11) is 0. The van der Waals surface area contributed by atoms with Gasteiger partial charge < -0.3 is 14.6 Å². The molecule has 3 heterocycles. The number of aromatic nitrogens is 1. The van der Waals surface area contributed by atoms with Crippen LogP contribution in [0.15, 0.2) is 42.5 Å². The standard InChI is InChI=1S/C31H37ClN4O3/c1-2-39-31(38)36-15-14-25-26-20-23(32)12-13-27(26)33-28(25)29(36)21-8-10-22(11-9-21)30(37)35-18-16-34(17-19-35)24-6-4-3-5-7-24/h8-13,20,24,29,33H,2-7,14-19H2,1H3. The molecule has 1 saturated carbocycles. The van der Waals surface area contributed by atoms with Gasteiger partial charge in [-0.05, 0) is 67.6 Å². The predicted octanol–water partition coefficient (Wildman–Crippen LogP) is 6.02. The molecule has 7 nitrogen and oxygen atoms in total. The fourth-order valence-corrected chi connectivity index (χ4v) is 6.91. The van der Waals surface area contributed by atoms with Gasteiger partial charge in [0.1, 0.15) is 6.04 Å². The Hall–Kier alpha value is -3.03. The summed E-state index contributed by atoms with van der Waals surface area (Å²) in [5.74, 6) is 0.0803. The van der Waals surface area contributed by atoms with Crippen molar-refractivity contribution in [2.24, 2.45) is 0 Å². The first-order valence-corrected chi connectivity index (χ1v) is 14.8. The number of piperazine rings is 1. The minimum atomic E-state index is -0.333. The summed E-state index contributed by atoms with van der Waals surface area (Å²) in [6, 6.07) is 14.0. The topological polar surface area (TPSA) is 68.9 Å². The number of H-pyrrole nitrogens is 1. The van der Waals surface area contributed by atoms with Crippen molar-refractivity contribution >= 4 is 34.5 Å². The van der Waals surface area contributed by atoms with Crippen LogP contribution in [0, 0.1) is 0 Å². The van der Waals surface area contributed by atoms with Crippen molar-refractivity contribution in [3.63, 3.8) is 0 Å². The highest BCUT2D eigenvalue weighted by molar-refractivity contribution is 6.31. The molecule has 206 valence electrons. The first-order chi connectivity index (χ1) is 19.0. The Bertz CT molecular complexity index is 1340. The number of hydrogen-bond donors (Lipinski definition) is 1. The van der Waals surface area contributed by atoms with E-state index in [1.807, 2.05) is 54.3 Å². The van der Waals surface area contributed by atoms with E-state index in [2.05, 4.69) is 9.88 Å². The van der Waals surface area contributed by atoms with Gasteiger partial charge in [-0.1, -0.05) is 43.0 Å². The lowest BCUT2D eigenvalue weighted by atomic mass is 9.92. The molecule has 2 aliphatic heterocycles. The molecule has 1 unspecified atom stereocenters. The van der Waals surface area contributed by atoms with E-state index in [1.54, 1.807) is 4.90 Å². The molecule has 6 rings (SSSR count). The molecule has 1 N–H and O–H groups in total. The molecule has 2 aromatic carbocycles. The van der Waals surface area contributed by atoms with Crippen molar-refractivity contribution in [1.29, 1.82) is 0 Å². The molecule has 1 aromatic heterocycles. The zero-order valence-electron chi connectivity index (χ0n) is 22.6. The third-order valence-electron chi connectivity index (χ3n) is 8.76. The van der Waals surface area contributed by atoms with Gasteiger partial charge >= 0.3 is 6.09 Å². The van der Waals surface area contributed by atoms with Crippen LogP contribution in [0.5, 0.6) is 0 Å². The number of benzene rings is 2. The number of ether oxygens (including phenoxy) is 1.